The Labute approximate surface area is 175 Å². The third-order valence-corrected chi connectivity index (χ3v) is 8.27. The van der Waals surface area contributed by atoms with Crippen LogP contribution in [0.4, 0.5) is 4.39 Å². The molecule has 1 heterocycles. The first kappa shape index (κ1) is 22.4. The molecular formula is C20H23FN2O5S2. The average Bonchev–Trinajstić information content (AvgIpc) is 2.68. The van der Waals surface area contributed by atoms with Gasteiger partial charge in [0.25, 0.3) is 0 Å². The van der Waals surface area contributed by atoms with Crippen LogP contribution in [0.3, 0.4) is 0 Å². The first-order valence-electron chi connectivity index (χ1n) is 9.42. The van der Waals surface area contributed by atoms with Crippen LogP contribution in [0, 0.1) is 11.7 Å². The SMILES string of the molecule is CC(C)[C@H](NS(=O)(=O)c1ccccc1F)C(=O)NC1CCS(=O)(=O)c2ccccc21. The highest BCUT2D eigenvalue weighted by molar-refractivity contribution is 7.91. The van der Waals surface area contributed by atoms with Crippen molar-refractivity contribution in [2.45, 2.75) is 42.1 Å². The molecule has 0 bridgehead atoms. The molecule has 2 aromatic rings. The molecule has 30 heavy (non-hydrogen) atoms. The number of carbonyl (C=O) groups excluding carboxylic acids is 1. The quantitative estimate of drug-likeness (QED) is 0.695. The lowest BCUT2D eigenvalue weighted by atomic mass is 10.0. The monoisotopic (exact) mass is 454 g/mol. The smallest absolute Gasteiger partial charge is 0.244 e. The minimum absolute atomic E-state index is 0.123. The van der Waals surface area contributed by atoms with Gasteiger partial charge < -0.3 is 5.32 Å². The third kappa shape index (κ3) is 4.55. The number of carbonyl (C=O) groups is 1. The molecule has 0 spiro atoms. The highest BCUT2D eigenvalue weighted by atomic mass is 32.2. The molecule has 0 saturated heterocycles. The molecule has 7 nitrogen and oxygen atoms in total. The molecule has 2 atom stereocenters. The van der Waals surface area contributed by atoms with E-state index in [0.717, 1.165) is 12.1 Å². The van der Waals surface area contributed by atoms with Gasteiger partial charge >= 0.3 is 0 Å². The first-order chi connectivity index (χ1) is 14.0. The molecule has 10 heteroatoms. The predicted octanol–water partition coefficient (Wildman–Crippen LogP) is 2.16. The Morgan fingerprint density at radius 1 is 1.10 bits per heavy atom. The fourth-order valence-corrected chi connectivity index (χ4v) is 6.43. The van der Waals surface area contributed by atoms with E-state index >= 15 is 0 Å². The van der Waals surface area contributed by atoms with Gasteiger partial charge in [-0.1, -0.05) is 44.2 Å². The second-order valence-corrected chi connectivity index (χ2v) is 11.2. The van der Waals surface area contributed by atoms with Gasteiger partial charge in [-0.15, -0.1) is 0 Å². The van der Waals surface area contributed by atoms with Crippen LogP contribution in [0.1, 0.15) is 31.9 Å². The highest BCUT2D eigenvalue weighted by Gasteiger charge is 2.34. The van der Waals surface area contributed by atoms with Crippen molar-refractivity contribution in [3.8, 4) is 0 Å². The number of benzene rings is 2. The molecule has 0 aromatic heterocycles. The summed E-state index contributed by atoms with van der Waals surface area (Å²) in [5.41, 5.74) is 0.469. The van der Waals surface area contributed by atoms with E-state index in [9.17, 15) is 26.0 Å². The van der Waals surface area contributed by atoms with E-state index in [-0.39, 0.29) is 17.1 Å². The predicted molar refractivity (Wildman–Crippen MR) is 109 cm³/mol. The molecule has 0 fully saturated rings. The Kier molecular flexibility index (Phi) is 6.30. The number of sulfonamides is 1. The maximum Gasteiger partial charge on any atom is 0.244 e. The lowest BCUT2D eigenvalue weighted by molar-refractivity contribution is -0.124. The summed E-state index contributed by atoms with van der Waals surface area (Å²) in [6.07, 6.45) is 0.177. The van der Waals surface area contributed by atoms with Gasteiger partial charge in [-0.3, -0.25) is 4.79 Å². The Morgan fingerprint density at radius 2 is 1.73 bits per heavy atom. The Morgan fingerprint density at radius 3 is 2.40 bits per heavy atom. The molecule has 0 radical (unpaired) electrons. The number of nitrogens with one attached hydrogen (secondary N) is 2. The molecule has 0 aliphatic carbocycles. The molecule has 162 valence electrons. The molecule has 1 amide bonds. The summed E-state index contributed by atoms with van der Waals surface area (Å²) in [5.74, 6) is -2.08. The second kappa shape index (κ2) is 8.44. The summed E-state index contributed by atoms with van der Waals surface area (Å²) >= 11 is 0. The number of rotatable bonds is 6. The van der Waals surface area contributed by atoms with Gasteiger partial charge in [0.2, 0.25) is 15.9 Å². The van der Waals surface area contributed by atoms with E-state index in [4.69, 9.17) is 0 Å². The molecule has 2 aromatic carbocycles. The van der Waals surface area contributed by atoms with Crippen molar-refractivity contribution >= 4 is 25.8 Å². The number of halogens is 1. The molecule has 0 saturated carbocycles. The number of hydrogen-bond acceptors (Lipinski definition) is 5. The summed E-state index contributed by atoms with van der Waals surface area (Å²) < 4.78 is 66.1. The van der Waals surface area contributed by atoms with E-state index in [2.05, 4.69) is 10.0 Å². The summed E-state index contributed by atoms with van der Waals surface area (Å²) in [7, 11) is -7.70. The van der Waals surface area contributed by atoms with Gasteiger partial charge in [-0.25, -0.2) is 21.2 Å². The summed E-state index contributed by atoms with van der Waals surface area (Å²) in [4.78, 5) is 12.6. The molecule has 3 rings (SSSR count). The van der Waals surface area contributed by atoms with E-state index < -0.39 is 54.5 Å². The fraction of sp³-hybridized carbons (Fsp3) is 0.350. The minimum Gasteiger partial charge on any atom is -0.348 e. The first-order valence-corrected chi connectivity index (χ1v) is 12.6. The van der Waals surface area contributed by atoms with E-state index in [1.807, 2.05) is 0 Å². The van der Waals surface area contributed by atoms with E-state index in [1.165, 1.54) is 18.2 Å². The standard InChI is InChI=1S/C20H23FN2O5S2/c1-13(2)19(23-30(27,28)18-10-6-4-8-15(18)21)20(24)22-16-11-12-29(25,26)17-9-5-3-7-14(16)17/h3-10,13,16,19,23H,11-12H2,1-2H3,(H,22,24)/t16?,19-/m0/s1. The van der Waals surface area contributed by atoms with Gasteiger partial charge in [-0.2, -0.15) is 4.72 Å². The molecule has 2 N–H and O–H groups in total. The maximum absolute atomic E-state index is 14.0. The topological polar surface area (TPSA) is 109 Å². The van der Waals surface area contributed by atoms with Gasteiger partial charge in [0.1, 0.15) is 16.8 Å². The van der Waals surface area contributed by atoms with Crippen LogP contribution in [0.25, 0.3) is 0 Å². The highest BCUT2D eigenvalue weighted by Crippen LogP contribution is 2.32. The van der Waals surface area contributed by atoms with Crippen LogP contribution in [-0.2, 0) is 24.7 Å². The molecule has 1 aliphatic heterocycles. The zero-order chi connectivity index (χ0) is 22.1. The van der Waals surface area contributed by atoms with Gasteiger partial charge in [0, 0.05) is 0 Å². The number of sulfone groups is 1. The van der Waals surface area contributed by atoms with E-state index in [1.54, 1.807) is 32.0 Å². The second-order valence-electron chi connectivity index (χ2n) is 7.48. The summed E-state index contributed by atoms with van der Waals surface area (Å²) in [5, 5.41) is 2.76. The van der Waals surface area contributed by atoms with Crippen LogP contribution in [0.5, 0.6) is 0 Å². The van der Waals surface area contributed by atoms with Crippen molar-refractivity contribution < 1.29 is 26.0 Å². The van der Waals surface area contributed by atoms with Crippen molar-refractivity contribution in [2.75, 3.05) is 5.75 Å². The summed E-state index contributed by atoms with van der Waals surface area (Å²) in [6, 6.07) is 9.58. The van der Waals surface area contributed by atoms with Crippen molar-refractivity contribution in [2.24, 2.45) is 5.92 Å². The van der Waals surface area contributed by atoms with Crippen molar-refractivity contribution in [1.82, 2.24) is 10.0 Å². The van der Waals surface area contributed by atoms with Crippen LogP contribution in [-0.4, -0.2) is 34.5 Å². The van der Waals surface area contributed by atoms with Gasteiger partial charge in [-0.05, 0) is 36.1 Å². The zero-order valence-electron chi connectivity index (χ0n) is 16.5. The number of hydrogen-bond donors (Lipinski definition) is 2. The van der Waals surface area contributed by atoms with Crippen LogP contribution < -0.4 is 10.0 Å². The normalized spacial score (nSPS) is 19.1. The lowest BCUT2D eigenvalue weighted by Gasteiger charge is -2.29. The van der Waals surface area contributed by atoms with Gasteiger partial charge in [0.15, 0.2) is 9.84 Å². The van der Waals surface area contributed by atoms with Crippen LogP contribution >= 0.6 is 0 Å². The van der Waals surface area contributed by atoms with Crippen LogP contribution in [0.15, 0.2) is 58.3 Å². The Bertz CT molecular complexity index is 1160. The third-order valence-electron chi connectivity index (χ3n) is 4.98. The molecule has 1 unspecified atom stereocenters. The largest absolute Gasteiger partial charge is 0.348 e. The Balaban J connectivity index is 1.85. The minimum atomic E-state index is -4.28. The van der Waals surface area contributed by atoms with E-state index in [0.29, 0.717) is 5.56 Å². The fourth-order valence-electron chi connectivity index (χ4n) is 3.39. The zero-order valence-corrected chi connectivity index (χ0v) is 18.1. The van der Waals surface area contributed by atoms with Gasteiger partial charge in [0.05, 0.1) is 16.7 Å². The van der Waals surface area contributed by atoms with Crippen molar-refractivity contribution in [1.29, 1.82) is 0 Å². The number of fused-ring (bicyclic) bond motifs is 1. The Hall–Kier alpha value is -2.30. The average molecular weight is 455 g/mol. The maximum atomic E-state index is 14.0. The lowest BCUT2D eigenvalue weighted by Crippen LogP contribution is -2.51. The van der Waals surface area contributed by atoms with Crippen molar-refractivity contribution in [3.63, 3.8) is 0 Å². The molecule has 1 aliphatic rings. The van der Waals surface area contributed by atoms with Crippen LogP contribution in [0.2, 0.25) is 0 Å². The van der Waals surface area contributed by atoms with Crippen molar-refractivity contribution in [3.05, 3.63) is 59.9 Å². The number of amides is 1. The molecular weight excluding hydrogens is 431 g/mol. The summed E-state index contributed by atoms with van der Waals surface area (Å²) in [6.45, 7) is 3.32.